The molecule has 2 nitrogen and oxygen atoms in total. The van der Waals surface area contributed by atoms with Gasteiger partial charge in [-0.15, -0.1) is 0 Å². The third-order valence-electron chi connectivity index (χ3n) is 4.26. The van der Waals surface area contributed by atoms with Crippen LogP contribution in [-0.4, -0.2) is 11.7 Å². The molecule has 1 fully saturated rings. The van der Waals surface area contributed by atoms with Gasteiger partial charge in [-0.1, -0.05) is 38.5 Å². The van der Waals surface area contributed by atoms with E-state index in [1.807, 2.05) is 31.2 Å². The van der Waals surface area contributed by atoms with Crippen LogP contribution in [0.1, 0.15) is 51.7 Å². The van der Waals surface area contributed by atoms with Crippen molar-refractivity contribution in [1.29, 1.82) is 0 Å². The van der Waals surface area contributed by atoms with Gasteiger partial charge in [0.15, 0.2) is 0 Å². The molecule has 1 aromatic rings. The van der Waals surface area contributed by atoms with Crippen LogP contribution in [0.3, 0.4) is 0 Å². The van der Waals surface area contributed by atoms with Crippen molar-refractivity contribution in [3.8, 4) is 5.75 Å². The smallest absolute Gasteiger partial charge is 0.125 e. The van der Waals surface area contributed by atoms with Crippen LogP contribution in [0, 0.1) is 11.3 Å². The number of hydrogen-bond acceptors (Lipinski definition) is 2. The third kappa shape index (κ3) is 2.54. The Labute approximate surface area is 110 Å². The minimum atomic E-state index is -0.412. The molecular weight excluding hydrogens is 224 g/mol. The topological polar surface area (TPSA) is 29.5 Å². The first-order valence-electron chi connectivity index (χ1n) is 6.96. The predicted molar refractivity (Wildman–Crippen MR) is 73.7 cm³/mol. The van der Waals surface area contributed by atoms with Crippen LogP contribution in [0.15, 0.2) is 24.3 Å². The summed E-state index contributed by atoms with van der Waals surface area (Å²) < 4.78 is 5.63. The number of benzene rings is 1. The van der Waals surface area contributed by atoms with Gasteiger partial charge in [0.1, 0.15) is 5.75 Å². The molecule has 1 aliphatic carbocycles. The zero-order valence-electron chi connectivity index (χ0n) is 11.6. The molecule has 2 rings (SSSR count). The zero-order valence-corrected chi connectivity index (χ0v) is 11.6. The lowest BCUT2D eigenvalue weighted by molar-refractivity contribution is 0.0509. The highest BCUT2D eigenvalue weighted by Gasteiger charge is 2.40. The highest BCUT2D eigenvalue weighted by atomic mass is 16.5. The normalized spacial score (nSPS) is 23.9. The average Bonchev–Trinajstić information content (AvgIpc) is 2.69. The summed E-state index contributed by atoms with van der Waals surface area (Å²) in [7, 11) is 0. The van der Waals surface area contributed by atoms with Crippen molar-refractivity contribution in [2.24, 2.45) is 11.3 Å². The van der Waals surface area contributed by atoms with E-state index in [-0.39, 0.29) is 5.41 Å². The molecule has 1 aromatic carbocycles. The van der Waals surface area contributed by atoms with Crippen molar-refractivity contribution in [1.82, 2.24) is 0 Å². The van der Waals surface area contributed by atoms with Crippen molar-refractivity contribution in [2.75, 3.05) is 6.61 Å². The number of rotatable bonds is 4. The fraction of sp³-hybridized carbons (Fsp3) is 0.625. The van der Waals surface area contributed by atoms with Crippen molar-refractivity contribution in [3.05, 3.63) is 29.8 Å². The van der Waals surface area contributed by atoms with E-state index in [0.29, 0.717) is 12.5 Å². The van der Waals surface area contributed by atoms with Gasteiger partial charge in [-0.2, -0.15) is 0 Å². The zero-order chi connectivity index (χ0) is 13.2. The first-order chi connectivity index (χ1) is 8.56. The van der Waals surface area contributed by atoms with E-state index in [4.69, 9.17) is 4.74 Å². The molecule has 0 saturated heterocycles. The van der Waals surface area contributed by atoms with Crippen LogP contribution in [0.25, 0.3) is 0 Å². The number of para-hydroxylation sites is 1. The maximum absolute atomic E-state index is 10.7. The first-order valence-corrected chi connectivity index (χ1v) is 6.96. The summed E-state index contributed by atoms with van der Waals surface area (Å²) in [5, 5.41) is 10.7. The van der Waals surface area contributed by atoms with Crippen LogP contribution < -0.4 is 4.74 Å². The van der Waals surface area contributed by atoms with Gasteiger partial charge < -0.3 is 9.84 Å². The molecule has 0 amide bonds. The quantitative estimate of drug-likeness (QED) is 0.874. The molecule has 0 bridgehead atoms. The van der Waals surface area contributed by atoms with Crippen molar-refractivity contribution in [3.63, 3.8) is 0 Å². The highest BCUT2D eigenvalue weighted by Crippen LogP contribution is 2.49. The van der Waals surface area contributed by atoms with Crippen molar-refractivity contribution >= 4 is 0 Å². The lowest BCUT2D eigenvalue weighted by Gasteiger charge is -2.32. The van der Waals surface area contributed by atoms with Gasteiger partial charge in [0, 0.05) is 5.56 Å². The number of aliphatic hydroxyl groups excluding tert-OH is 1. The molecule has 1 saturated carbocycles. The second-order valence-electron chi connectivity index (χ2n) is 5.90. The fourth-order valence-electron chi connectivity index (χ4n) is 3.17. The number of ether oxygens (including phenoxy) is 1. The lowest BCUT2D eigenvalue weighted by atomic mass is 9.76. The summed E-state index contributed by atoms with van der Waals surface area (Å²) in [6.45, 7) is 7.13. The van der Waals surface area contributed by atoms with E-state index in [0.717, 1.165) is 17.7 Å². The molecule has 100 valence electrons. The van der Waals surface area contributed by atoms with Crippen LogP contribution >= 0.6 is 0 Å². The fourth-order valence-corrected chi connectivity index (χ4v) is 3.17. The van der Waals surface area contributed by atoms with Gasteiger partial charge in [0.2, 0.25) is 0 Å². The Balaban J connectivity index is 2.25. The Bertz CT molecular complexity index is 398. The molecule has 2 atom stereocenters. The largest absolute Gasteiger partial charge is 0.493 e. The molecule has 2 unspecified atom stereocenters. The lowest BCUT2D eigenvalue weighted by Crippen LogP contribution is -2.24. The summed E-state index contributed by atoms with van der Waals surface area (Å²) in [6.07, 6.45) is 3.11. The predicted octanol–water partition coefficient (Wildman–Crippen LogP) is 3.95. The van der Waals surface area contributed by atoms with Crippen LogP contribution in [-0.2, 0) is 0 Å². The monoisotopic (exact) mass is 248 g/mol. The molecule has 0 radical (unpaired) electrons. The van der Waals surface area contributed by atoms with E-state index in [9.17, 15) is 5.11 Å². The maximum atomic E-state index is 10.7. The molecule has 0 heterocycles. The second-order valence-corrected chi connectivity index (χ2v) is 5.90. The Morgan fingerprint density at radius 3 is 2.72 bits per heavy atom. The second kappa shape index (κ2) is 5.31. The standard InChI is InChI=1S/C16H24O2/c1-4-18-14-10-6-5-8-12(14)15(17)13-9-7-11-16(13,2)3/h5-6,8,10,13,15,17H,4,7,9,11H2,1-3H3. The summed E-state index contributed by atoms with van der Waals surface area (Å²) in [5.41, 5.74) is 1.16. The molecule has 18 heavy (non-hydrogen) atoms. The number of aliphatic hydroxyl groups is 1. The average molecular weight is 248 g/mol. The van der Waals surface area contributed by atoms with Gasteiger partial charge in [0.05, 0.1) is 12.7 Å². The molecule has 0 spiro atoms. The van der Waals surface area contributed by atoms with Gasteiger partial charge in [0.25, 0.3) is 0 Å². The van der Waals surface area contributed by atoms with Gasteiger partial charge in [-0.05, 0) is 37.2 Å². The minimum absolute atomic E-state index is 0.221. The Morgan fingerprint density at radius 2 is 2.11 bits per heavy atom. The molecule has 0 aliphatic heterocycles. The Morgan fingerprint density at radius 1 is 1.39 bits per heavy atom. The molecule has 0 aromatic heterocycles. The summed E-state index contributed by atoms with van der Waals surface area (Å²) in [4.78, 5) is 0. The Hall–Kier alpha value is -1.02. The van der Waals surface area contributed by atoms with E-state index in [1.165, 1.54) is 12.8 Å². The first kappa shape index (κ1) is 13.4. The minimum Gasteiger partial charge on any atom is -0.493 e. The highest BCUT2D eigenvalue weighted by molar-refractivity contribution is 5.35. The molecular formula is C16H24O2. The van der Waals surface area contributed by atoms with E-state index < -0.39 is 6.10 Å². The summed E-state index contributed by atoms with van der Waals surface area (Å²) in [5.74, 6) is 1.16. The third-order valence-corrected chi connectivity index (χ3v) is 4.26. The Kier molecular flexibility index (Phi) is 3.96. The number of hydrogen-bond donors (Lipinski definition) is 1. The summed E-state index contributed by atoms with van der Waals surface area (Å²) >= 11 is 0. The molecule has 1 N–H and O–H groups in total. The SMILES string of the molecule is CCOc1ccccc1C(O)C1CCCC1(C)C. The van der Waals surface area contributed by atoms with Crippen molar-refractivity contribution < 1.29 is 9.84 Å². The van der Waals surface area contributed by atoms with Crippen LogP contribution in [0.4, 0.5) is 0 Å². The van der Waals surface area contributed by atoms with Gasteiger partial charge in [-0.3, -0.25) is 0 Å². The van der Waals surface area contributed by atoms with Crippen molar-refractivity contribution in [2.45, 2.75) is 46.1 Å². The molecule has 1 aliphatic rings. The van der Waals surface area contributed by atoms with Crippen LogP contribution in [0.2, 0.25) is 0 Å². The van der Waals surface area contributed by atoms with Gasteiger partial charge in [-0.25, -0.2) is 0 Å². The van der Waals surface area contributed by atoms with E-state index in [2.05, 4.69) is 13.8 Å². The molecule has 2 heteroatoms. The van der Waals surface area contributed by atoms with E-state index in [1.54, 1.807) is 0 Å². The maximum Gasteiger partial charge on any atom is 0.125 e. The van der Waals surface area contributed by atoms with Crippen LogP contribution in [0.5, 0.6) is 5.75 Å². The summed E-state index contributed by atoms with van der Waals surface area (Å²) in [6, 6.07) is 7.87. The van der Waals surface area contributed by atoms with Gasteiger partial charge >= 0.3 is 0 Å². The van der Waals surface area contributed by atoms with E-state index >= 15 is 0 Å².